The molecule has 15 heavy (non-hydrogen) atoms. The highest BCUT2D eigenvalue weighted by Gasteiger charge is 2.04. The fourth-order valence-electron chi connectivity index (χ4n) is 1.36. The van der Waals surface area contributed by atoms with Crippen LogP contribution in [0.5, 0.6) is 0 Å². The Hall–Kier alpha value is -1.55. The smallest absolute Gasteiger partial charge is 0.335 e. The molecule has 0 saturated carbocycles. The van der Waals surface area contributed by atoms with Gasteiger partial charge in [0.2, 0.25) is 0 Å². The molecule has 0 bridgehead atoms. The number of carbonyl (C=O) groups is 1. The second-order valence-corrected chi connectivity index (χ2v) is 3.77. The zero-order chi connectivity index (χ0) is 11.4. The summed E-state index contributed by atoms with van der Waals surface area (Å²) in [5.41, 5.74) is 1.32. The molecule has 1 rings (SSSR count). The lowest BCUT2D eigenvalue weighted by atomic mass is 10.2. The normalized spacial score (nSPS) is 10.4. The maximum atomic E-state index is 10.6. The number of hydrogen-bond donors (Lipinski definition) is 1. The number of hydrogen-bond acceptors (Lipinski definition) is 3. The molecule has 0 aliphatic heterocycles. The van der Waals surface area contributed by atoms with Crippen LogP contribution in [0, 0.1) is 0 Å². The zero-order valence-electron chi connectivity index (χ0n) is 9.27. The van der Waals surface area contributed by atoms with Gasteiger partial charge in [-0.2, -0.15) is 0 Å². The summed E-state index contributed by atoms with van der Waals surface area (Å²) in [7, 11) is 5.94. The van der Waals surface area contributed by atoms with E-state index in [1.54, 1.807) is 12.1 Å². The molecule has 0 heterocycles. The Labute approximate surface area is 89.7 Å². The highest BCUT2D eigenvalue weighted by molar-refractivity contribution is 5.88. The second-order valence-electron chi connectivity index (χ2n) is 3.77. The van der Waals surface area contributed by atoms with Crippen molar-refractivity contribution >= 4 is 11.7 Å². The largest absolute Gasteiger partial charge is 0.478 e. The first-order valence-corrected chi connectivity index (χ1v) is 4.70. The molecule has 0 spiro atoms. The van der Waals surface area contributed by atoms with Crippen molar-refractivity contribution in [2.45, 2.75) is 0 Å². The van der Waals surface area contributed by atoms with Crippen LogP contribution in [-0.4, -0.2) is 43.8 Å². The van der Waals surface area contributed by atoms with Crippen LogP contribution in [0.3, 0.4) is 0 Å². The Morgan fingerprint density at radius 1 is 1.20 bits per heavy atom. The highest BCUT2D eigenvalue weighted by Crippen LogP contribution is 2.13. The fourth-order valence-corrected chi connectivity index (χ4v) is 1.36. The van der Waals surface area contributed by atoms with Crippen molar-refractivity contribution in [3.63, 3.8) is 0 Å². The molecule has 0 aromatic heterocycles. The topological polar surface area (TPSA) is 43.8 Å². The summed E-state index contributed by atoms with van der Waals surface area (Å²) >= 11 is 0. The number of carboxylic acids is 1. The predicted octanol–water partition coefficient (Wildman–Crippen LogP) is 1.34. The van der Waals surface area contributed by atoms with Crippen molar-refractivity contribution in [2.24, 2.45) is 0 Å². The van der Waals surface area contributed by atoms with Crippen LogP contribution in [0.25, 0.3) is 0 Å². The van der Waals surface area contributed by atoms with Gasteiger partial charge in [-0.3, -0.25) is 4.90 Å². The van der Waals surface area contributed by atoms with E-state index in [2.05, 4.69) is 0 Å². The summed E-state index contributed by atoms with van der Waals surface area (Å²) in [5, 5.41) is 8.74. The van der Waals surface area contributed by atoms with Crippen molar-refractivity contribution < 1.29 is 9.90 Å². The molecule has 1 aromatic carbocycles. The molecule has 0 aliphatic rings. The van der Waals surface area contributed by atoms with Gasteiger partial charge in [0.25, 0.3) is 0 Å². The minimum Gasteiger partial charge on any atom is -0.478 e. The summed E-state index contributed by atoms with van der Waals surface area (Å²) in [6, 6.07) is 6.85. The standard InChI is InChI=1S/C11H16N2O2/c1-12(2)8-13(3)10-6-4-9(5-7-10)11(14)15/h4-7H,8H2,1-3H3,(H,14,15). The van der Waals surface area contributed by atoms with Gasteiger partial charge in [-0.1, -0.05) is 0 Å². The summed E-state index contributed by atoms with van der Waals surface area (Å²) in [6.07, 6.45) is 0. The molecular formula is C11H16N2O2. The molecule has 0 radical (unpaired) electrons. The number of nitrogens with zero attached hydrogens (tertiary/aromatic N) is 2. The van der Waals surface area contributed by atoms with Gasteiger partial charge in [0, 0.05) is 12.7 Å². The minimum atomic E-state index is -0.892. The Balaban J connectivity index is 2.75. The van der Waals surface area contributed by atoms with Crippen LogP contribution in [0.4, 0.5) is 5.69 Å². The molecule has 4 heteroatoms. The molecule has 0 unspecified atom stereocenters. The van der Waals surface area contributed by atoms with E-state index in [9.17, 15) is 4.79 Å². The molecule has 0 aliphatic carbocycles. The van der Waals surface area contributed by atoms with Gasteiger partial charge in [-0.25, -0.2) is 4.79 Å². The summed E-state index contributed by atoms with van der Waals surface area (Å²) in [6.45, 7) is 0.798. The lowest BCUT2D eigenvalue weighted by molar-refractivity contribution is 0.0697. The van der Waals surface area contributed by atoms with Gasteiger partial charge in [0.05, 0.1) is 12.2 Å². The molecule has 82 valence electrons. The van der Waals surface area contributed by atoms with E-state index in [-0.39, 0.29) is 0 Å². The van der Waals surface area contributed by atoms with E-state index in [0.717, 1.165) is 12.4 Å². The van der Waals surface area contributed by atoms with E-state index >= 15 is 0 Å². The van der Waals surface area contributed by atoms with E-state index in [1.165, 1.54) is 0 Å². The monoisotopic (exact) mass is 208 g/mol. The van der Waals surface area contributed by atoms with Crippen LogP contribution in [0.2, 0.25) is 0 Å². The molecule has 0 atom stereocenters. The average molecular weight is 208 g/mol. The number of rotatable bonds is 4. The van der Waals surface area contributed by atoms with Gasteiger partial charge in [0.1, 0.15) is 0 Å². The van der Waals surface area contributed by atoms with Crippen molar-refractivity contribution in [2.75, 3.05) is 32.7 Å². The van der Waals surface area contributed by atoms with Crippen molar-refractivity contribution in [3.05, 3.63) is 29.8 Å². The number of anilines is 1. The Kier molecular flexibility index (Phi) is 3.68. The Bertz CT molecular complexity index is 333. The summed E-state index contributed by atoms with van der Waals surface area (Å²) in [5.74, 6) is -0.892. The zero-order valence-corrected chi connectivity index (χ0v) is 9.27. The number of aromatic carboxylic acids is 1. The first-order valence-electron chi connectivity index (χ1n) is 4.70. The SMILES string of the molecule is CN(C)CN(C)c1ccc(C(=O)O)cc1. The van der Waals surface area contributed by atoms with Gasteiger partial charge in [0.15, 0.2) is 0 Å². The molecule has 4 nitrogen and oxygen atoms in total. The second kappa shape index (κ2) is 4.79. The molecule has 0 amide bonds. The van der Waals surface area contributed by atoms with E-state index in [1.807, 2.05) is 43.1 Å². The summed E-state index contributed by atoms with van der Waals surface area (Å²) in [4.78, 5) is 14.7. The first-order chi connectivity index (χ1) is 7.00. The lowest BCUT2D eigenvalue weighted by Gasteiger charge is -2.23. The minimum absolute atomic E-state index is 0.317. The van der Waals surface area contributed by atoms with Crippen molar-refractivity contribution in [3.8, 4) is 0 Å². The van der Waals surface area contributed by atoms with E-state index < -0.39 is 5.97 Å². The van der Waals surface area contributed by atoms with Gasteiger partial charge >= 0.3 is 5.97 Å². The Morgan fingerprint density at radius 2 is 1.73 bits per heavy atom. The lowest BCUT2D eigenvalue weighted by Crippen LogP contribution is -2.29. The predicted molar refractivity (Wildman–Crippen MR) is 60.4 cm³/mol. The quantitative estimate of drug-likeness (QED) is 0.758. The van der Waals surface area contributed by atoms with Crippen LogP contribution >= 0.6 is 0 Å². The van der Waals surface area contributed by atoms with Gasteiger partial charge < -0.3 is 10.0 Å². The molecule has 1 aromatic rings. The van der Waals surface area contributed by atoms with Crippen LogP contribution in [0.15, 0.2) is 24.3 Å². The van der Waals surface area contributed by atoms with Gasteiger partial charge in [-0.15, -0.1) is 0 Å². The molecule has 0 fully saturated rings. The number of carboxylic acid groups (broad SMARTS) is 1. The average Bonchev–Trinajstić information content (AvgIpc) is 2.17. The third kappa shape index (κ3) is 3.25. The van der Waals surface area contributed by atoms with Crippen LogP contribution < -0.4 is 4.90 Å². The maximum Gasteiger partial charge on any atom is 0.335 e. The highest BCUT2D eigenvalue weighted by atomic mass is 16.4. The summed E-state index contributed by atoms with van der Waals surface area (Å²) < 4.78 is 0. The molecule has 1 N–H and O–H groups in total. The van der Waals surface area contributed by atoms with Crippen molar-refractivity contribution in [1.29, 1.82) is 0 Å². The third-order valence-corrected chi connectivity index (χ3v) is 2.05. The Morgan fingerprint density at radius 3 is 2.13 bits per heavy atom. The molecule has 0 saturated heterocycles. The van der Waals surface area contributed by atoms with Crippen LogP contribution in [-0.2, 0) is 0 Å². The van der Waals surface area contributed by atoms with Crippen molar-refractivity contribution in [1.82, 2.24) is 4.90 Å². The van der Waals surface area contributed by atoms with Gasteiger partial charge in [-0.05, 0) is 38.4 Å². The third-order valence-electron chi connectivity index (χ3n) is 2.05. The first kappa shape index (κ1) is 11.5. The van der Waals surface area contributed by atoms with E-state index in [4.69, 9.17) is 5.11 Å². The van der Waals surface area contributed by atoms with Crippen LogP contribution in [0.1, 0.15) is 10.4 Å². The molecular weight excluding hydrogens is 192 g/mol. The number of benzene rings is 1. The fraction of sp³-hybridized carbons (Fsp3) is 0.364. The van der Waals surface area contributed by atoms with E-state index in [0.29, 0.717) is 5.56 Å². The maximum absolute atomic E-state index is 10.6.